The van der Waals surface area contributed by atoms with Gasteiger partial charge in [-0.2, -0.15) is 0 Å². The Kier molecular flexibility index (Phi) is 10.1. The number of amides is 2. The maximum atomic E-state index is 14.0. The molecular formula is C31H35F2N3O4S. The van der Waals surface area contributed by atoms with E-state index in [4.69, 9.17) is 0 Å². The highest BCUT2D eigenvalue weighted by Crippen LogP contribution is 2.25. The quantitative estimate of drug-likeness (QED) is 0.327. The first kappa shape index (κ1) is 30.2. The third-order valence-electron chi connectivity index (χ3n) is 7.33. The molecule has 3 aromatic carbocycles. The number of nitrogens with zero attached hydrogens (tertiary/aromatic N) is 2. The van der Waals surface area contributed by atoms with Crippen LogP contribution >= 0.6 is 0 Å². The number of hydrogen-bond donors (Lipinski definition) is 1. The number of sulfonamides is 1. The second kappa shape index (κ2) is 13.7. The van der Waals surface area contributed by atoms with Gasteiger partial charge in [-0.1, -0.05) is 56.5 Å². The first-order valence-corrected chi connectivity index (χ1v) is 15.3. The van der Waals surface area contributed by atoms with E-state index in [1.54, 1.807) is 37.3 Å². The number of halogens is 2. The molecule has 0 aromatic heterocycles. The van der Waals surface area contributed by atoms with Crippen LogP contribution in [0.4, 0.5) is 14.5 Å². The van der Waals surface area contributed by atoms with Crippen LogP contribution in [0, 0.1) is 11.6 Å². The molecule has 7 nitrogen and oxygen atoms in total. The summed E-state index contributed by atoms with van der Waals surface area (Å²) in [6.07, 6.45) is 5.19. The SMILES string of the molecule is CC[C@H](C(=O)NC1CCCCC1)N(Cc1ccc(F)cc1)C(=O)CN(c1ccccc1)S(=O)(=O)c1ccc(F)cc1. The minimum atomic E-state index is -4.28. The molecule has 10 heteroatoms. The van der Waals surface area contributed by atoms with E-state index in [1.807, 2.05) is 0 Å². The van der Waals surface area contributed by atoms with Crippen LogP contribution in [0.25, 0.3) is 0 Å². The number of carbonyl (C=O) groups is 2. The van der Waals surface area contributed by atoms with Crippen LogP contribution in [-0.4, -0.2) is 43.8 Å². The molecule has 1 saturated carbocycles. The minimum Gasteiger partial charge on any atom is -0.352 e. The van der Waals surface area contributed by atoms with Gasteiger partial charge in [0.05, 0.1) is 10.6 Å². The summed E-state index contributed by atoms with van der Waals surface area (Å²) in [5, 5.41) is 3.09. The lowest BCUT2D eigenvalue weighted by Crippen LogP contribution is -2.54. The van der Waals surface area contributed by atoms with E-state index in [0.29, 0.717) is 12.0 Å². The monoisotopic (exact) mass is 583 g/mol. The van der Waals surface area contributed by atoms with Crippen molar-refractivity contribution < 1.29 is 26.8 Å². The molecule has 1 N–H and O–H groups in total. The van der Waals surface area contributed by atoms with Crippen molar-refractivity contribution in [3.8, 4) is 0 Å². The Hall–Kier alpha value is -3.79. The topological polar surface area (TPSA) is 86.8 Å². The van der Waals surface area contributed by atoms with Gasteiger partial charge in [0.15, 0.2) is 0 Å². The van der Waals surface area contributed by atoms with Crippen LogP contribution in [0.1, 0.15) is 51.0 Å². The maximum Gasteiger partial charge on any atom is 0.264 e. The van der Waals surface area contributed by atoms with Gasteiger partial charge in [-0.05, 0) is 73.4 Å². The van der Waals surface area contributed by atoms with Gasteiger partial charge in [-0.3, -0.25) is 13.9 Å². The molecule has 3 aromatic rings. The predicted molar refractivity (Wildman–Crippen MR) is 153 cm³/mol. The van der Waals surface area contributed by atoms with Crippen molar-refractivity contribution in [2.24, 2.45) is 0 Å². The van der Waals surface area contributed by atoms with Crippen molar-refractivity contribution >= 4 is 27.5 Å². The molecule has 218 valence electrons. The Labute approximate surface area is 240 Å². The van der Waals surface area contributed by atoms with Crippen molar-refractivity contribution in [2.75, 3.05) is 10.8 Å². The molecule has 1 aliphatic carbocycles. The number of para-hydroxylation sites is 1. The summed E-state index contributed by atoms with van der Waals surface area (Å²) in [7, 11) is -4.28. The zero-order valence-electron chi connectivity index (χ0n) is 23.0. The average molecular weight is 584 g/mol. The molecule has 0 spiro atoms. The number of hydrogen-bond acceptors (Lipinski definition) is 4. The summed E-state index contributed by atoms with van der Waals surface area (Å²) in [6, 6.07) is 17.3. The second-order valence-electron chi connectivity index (χ2n) is 10.2. The lowest BCUT2D eigenvalue weighted by Gasteiger charge is -2.34. The molecule has 0 radical (unpaired) electrons. The molecule has 1 fully saturated rings. The fourth-order valence-electron chi connectivity index (χ4n) is 5.11. The van der Waals surface area contributed by atoms with Gasteiger partial charge in [-0.25, -0.2) is 17.2 Å². The third-order valence-corrected chi connectivity index (χ3v) is 9.12. The highest BCUT2D eigenvalue weighted by Gasteiger charge is 2.34. The van der Waals surface area contributed by atoms with Gasteiger partial charge in [0, 0.05) is 12.6 Å². The zero-order valence-corrected chi connectivity index (χ0v) is 23.8. The van der Waals surface area contributed by atoms with Gasteiger partial charge in [0.1, 0.15) is 24.2 Å². The van der Waals surface area contributed by atoms with Gasteiger partial charge >= 0.3 is 0 Å². The molecular weight excluding hydrogens is 548 g/mol. The first-order valence-electron chi connectivity index (χ1n) is 13.9. The van der Waals surface area contributed by atoms with Crippen molar-refractivity contribution in [1.82, 2.24) is 10.2 Å². The summed E-state index contributed by atoms with van der Waals surface area (Å²) in [5.41, 5.74) is 0.836. The Balaban J connectivity index is 1.68. The van der Waals surface area contributed by atoms with Gasteiger partial charge in [-0.15, -0.1) is 0 Å². The number of rotatable bonds is 11. The predicted octanol–water partition coefficient (Wildman–Crippen LogP) is 5.42. The highest BCUT2D eigenvalue weighted by molar-refractivity contribution is 7.92. The van der Waals surface area contributed by atoms with E-state index in [9.17, 15) is 26.8 Å². The van der Waals surface area contributed by atoms with E-state index in [0.717, 1.165) is 60.7 Å². The Bertz CT molecular complexity index is 1410. The number of benzene rings is 3. The summed E-state index contributed by atoms with van der Waals surface area (Å²) < 4.78 is 55.7. The molecule has 2 amide bonds. The Morgan fingerprint density at radius 2 is 1.46 bits per heavy atom. The van der Waals surface area contributed by atoms with E-state index >= 15 is 0 Å². The molecule has 0 aliphatic heterocycles. The summed E-state index contributed by atoms with van der Waals surface area (Å²) in [4.78, 5) is 28.7. The van der Waals surface area contributed by atoms with Crippen LogP contribution in [0.3, 0.4) is 0 Å². The van der Waals surface area contributed by atoms with E-state index in [1.165, 1.54) is 29.2 Å². The fourth-order valence-corrected chi connectivity index (χ4v) is 6.52. The van der Waals surface area contributed by atoms with E-state index in [2.05, 4.69) is 5.32 Å². The van der Waals surface area contributed by atoms with E-state index in [-0.39, 0.29) is 29.1 Å². The smallest absolute Gasteiger partial charge is 0.264 e. The molecule has 0 bridgehead atoms. The largest absolute Gasteiger partial charge is 0.352 e. The zero-order chi connectivity index (χ0) is 29.4. The lowest BCUT2D eigenvalue weighted by molar-refractivity contribution is -0.140. The molecule has 0 unspecified atom stereocenters. The van der Waals surface area contributed by atoms with Crippen LogP contribution in [-0.2, 0) is 26.2 Å². The molecule has 0 saturated heterocycles. The Morgan fingerprint density at radius 1 is 0.878 bits per heavy atom. The summed E-state index contributed by atoms with van der Waals surface area (Å²) in [6.45, 7) is 1.17. The molecule has 1 atom stereocenters. The standard InChI is InChI=1S/C31H35F2N3O4S/c1-2-29(31(38)34-26-9-5-3-6-10-26)35(21-23-13-15-24(32)16-14-23)30(37)22-36(27-11-7-4-8-12-27)41(39,40)28-19-17-25(33)18-20-28/h4,7-8,11-20,26,29H,2-3,5-6,9-10,21-22H2,1H3,(H,34,38)/t29-/m1/s1. The molecule has 1 aliphatic rings. The van der Waals surface area contributed by atoms with Crippen molar-refractivity contribution in [3.63, 3.8) is 0 Å². The molecule has 41 heavy (non-hydrogen) atoms. The molecule has 4 rings (SSSR count). The minimum absolute atomic E-state index is 0.0189. The first-order chi connectivity index (χ1) is 19.7. The van der Waals surface area contributed by atoms with Gasteiger partial charge in [0.2, 0.25) is 11.8 Å². The summed E-state index contributed by atoms with van der Waals surface area (Å²) in [5.74, 6) is -1.93. The Morgan fingerprint density at radius 3 is 2.05 bits per heavy atom. The highest BCUT2D eigenvalue weighted by atomic mass is 32.2. The average Bonchev–Trinajstić information content (AvgIpc) is 2.98. The van der Waals surface area contributed by atoms with E-state index < -0.39 is 40.2 Å². The maximum absolute atomic E-state index is 14.0. The number of carbonyl (C=O) groups excluding carboxylic acids is 2. The van der Waals surface area contributed by atoms with Crippen molar-refractivity contribution in [1.29, 1.82) is 0 Å². The fraction of sp³-hybridized carbons (Fsp3) is 0.355. The molecule has 0 heterocycles. The lowest BCUT2D eigenvalue weighted by atomic mass is 9.95. The normalized spacial score (nSPS) is 14.7. The number of anilines is 1. The van der Waals surface area contributed by atoms with Crippen molar-refractivity contribution in [3.05, 3.63) is 96.1 Å². The van der Waals surface area contributed by atoms with Crippen molar-refractivity contribution in [2.45, 2.75) is 69.0 Å². The van der Waals surface area contributed by atoms with Crippen LogP contribution in [0.5, 0.6) is 0 Å². The van der Waals surface area contributed by atoms with Gasteiger partial charge < -0.3 is 10.2 Å². The third kappa shape index (κ3) is 7.70. The summed E-state index contributed by atoms with van der Waals surface area (Å²) >= 11 is 0. The van der Waals surface area contributed by atoms with Crippen LogP contribution in [0.2, 0.25) is 0 Å². The number of nitrogens with one attached hydrogen (secondary N) is 1. The second-order valence-corrected chi connectivity index (χ2v) is 12.1. The van der Waals surface area contributed by atoms with Crippen LogP contribution < -0.4 is 9.62 Å². The van der Waals surface area contributed by atoms with Gasteiger partial charge in [0.25, 0.3) is 10.0 Å². The van der Waals surface area contributed by atoms with Crippen LogP contribution in [0.15, 0.2) is 83.8 Å².